The summed E-state index contributed by atoms with van der Waals surface area (Å²) in [6.45, 7) is 9.30. The number of aryl methyl sites for hydroxylation is 4. The lowest BCUT2D eigenvalue weighted by Crippen LogP contribution is -2.66. The standard InChI is InChI=1S/C43H50ClN5O5SSi/c1-28-38(39-34(44)22-20-32-33(21-23-37(50)52-8)41(42(51)53-9)48(6)40(32)39)36(46-49(28)7)27-55-26-35-29(24-47(5)45-35)25-54-56(43(2,3)4,30-16-12-10-13-17-30)31-18-14-11-15-19-31/h10-20,22,24H,21,23,25-27H2,1-9H3. The largest absolute Gasteiger partial charge is 0.469 e. The Balaban J connectivity index is 1.32. The molecular weight excluding hydrogens is 762 g/mol. The van der Waals surface area contributed by atoms with E-state index in [2.05, 4.69) is 87.6 Å². The molecule has 0 saturated heterocycles. The predicted octanol–water partition coefficient (Wildman–Crippen LogP) is 7.68. The number of carbonyl (C=O) groups excluding carboxylic acids is 2. The van der Waals surface area contributed by atoms with Crippen molar-refractivity contribution >= 4 is 64.9 Å². The average Bonchev–Trinajstić information content (AvgIpc) is 3.79. The summed E-state index contributed by atoms with van der Waals surface area (Å²) in [5.74, 6) is 0.370. The third-order valence-electron chi connectivity index (χ3n) is 10.6. The molecule has 0 spiro atoms. The fraction of sp³-hybridized carbons (Fsp3) is 0.349. The Hall–Kier alpha value is -4.62. The summed E-state index contributed by atoms with van der Waals surface area (Å²) < 4.78 is 23.0. The fourth-order valence-electron chi connectivity index (χ4n) is 7.90. The molecule has 56 heavy (non-hydrogen) atoms. The molecule has 3 heterocycles. The van der Waals surface area contributed by atoms with Gasteiger partial charge in [0, 0.05) is 73.0 Å². The zero-order valence-corrected chi connectivity index (χ0v) is 36.2. The minimum atomic E-state index is -2.76. The first kappa shape index (κ1) is 41.0. The van der Waals surface area contributed by atoms with Gasteiger partial charge in [-0.25, -0.2) is 4.79 Å². The molecule has 3 aromatic heterocycles. The zero-order chi connectivity index (χ0) is 40.4. The number of hydrogen-bond donors (Lipinski definition) is 0. The molecule has 0 unspecified atom stereocenters. The molecule has 10 nitrogen and oxygen atoms in total. The van der Waals surface area contributed by atoms with Gasteiger partial charge in [-0.05, 0) is 40.4 Å². The molecule has 0 saturated carbocycles. The van der Waals surface area contributed by atoms with E-state index in [0.717, 1.165) is 44.7 Å². The molecule has 13 heteroatoms. The van der Waals surface area contributed by atoms with E-state index in [1.54, 1.807) is 11.8 Å². The number of ether oxygens (including phenoxy) is 2. The summed E-state index contributed by atoms with van der Waals surface area (Å²) >= 11 is 8.79. The quantitative estimate of drug-likeness (QED) is 0.0816. The molecule has 0 aliphatic carbocycles. The SMILES string of the molecule is COC(=O)CCc1c(C(=O)OC)n(C)c2c(-c3c(CSCc4nn(C)cc4CO[Si](c4ccccc4)(c4ccccc4)C(C)(C)C)nn(C)c3C)c(Cl)ccc12. The predicted molar refractivity (Wildman–Crippen MR) is 227 cm³/mol. The molecule has 294 valence electrons. The highest BCUT2D eigenvalue weighted by Gasteiger charge is 2.50. The molecule has 0 N–H and O–H groups in total. The highest BCUT2D eigenvalue weighted by atomic mass is 35.5. The molecule has 3 aromatic carbocycles. The van der Waals surface area contributed by atoms with E-state index in [1.807, 2.05) is 54.1 Å². The van der Waals surface area contributed by atoms with Gasteiger partial charge >= 0.3 is 11.9 Å². The number of methoxy groups -OCH3 is 2. The molecule has 0 amide bonds. The second kappa shape index (κ2) is 16.8. The van der Waals surface area contributed by atoms with Crippen LogP contribution in [0.1, 0.15) is 65.9 Å². The van der Waals surface area contributed by atoms with E-state index in [9.17, 15) is 9.59 Å². The third-order valence-corrected chi connectivity index (χ3v) is 16.8. The van der Waals surface area contributed by atoms with E-state index >= 15 is 0 Å². The van der Waals surface area contributed by atoms with Crippen molar-refractivity contribution in [1.29, 1.82) is 0 Å². The summed E-state index contributed by atoms with van der Waals surface area (Å²) in [6.07, 6.45) is 2.48. The molecule has 0 aliphatic rings. The van der Waals surface area contributed by atoms with Crippen LogP contribution in [0.4, 0.5) is 0 Å². The molecule has 0 aliphatic heterocycles. The molecule has 0 bridgehead atoms. The summed E-state index contributed by atoms with van der Waals surface area (Å²) in [7, 11) is 5.65. The van der Waals surface area contributed by atoms with Crippen molar-refractivity contribution in [2.24, 2.45) is 21.1 Å². The van der Waals surface area contributed by atoms with Crippen LogP contribution in [0.5, 0.6) is 0 Å². The van der Waals surface area contributed by atoms with Gasteiger partial charge in [0.05, 0.1) is 42.8 Å². The van der Waals surface area contributed by atoms with Gasteiger partial charge in [0.2, 0.25) is 0 Å². The Labute approximate surface area is 339 Å². The van der Waals surface area contributed by atoms with E-state index in [4.69, 9.17) is 35.7 Å². The first-order valence-electron chi connectivity index (χ1n) is 18.5. The number of carbonyl (C=O) groups is 2. The number of hydrogen-bond acceptors (Lipinski definition) is 8. The van der Waals surface area contributed by atoms with Crippen LogP contribution >= 0.6 is 23.4 Å². The van der Waals surface area contributed by atoms with Crippen LogP contribution in [-0.4, -0.2) is 58.6 Å². The summed E-state index contributed by atoms with van der Waals surface area (Å²) in [5, 5.41) is 13.5. The minimum absolute atomic E-state index is 0.115. The van der Waals surface area contributed by atoms with Gasteiger partial charge in [-0.3, -0.25) is 14.2 Å². The van der Waals surface area contributed by atoms with Crippen molar-refractivity contribution in [3.8, 4) is 11.1 Å². The number of rotatable bonds is 14. The molecule has 6 rings (SSSR count). The Morgan fingerprint density at radius 3 is 2.05 bits per heavy atom. The van der Waals surface area contributed by atoms with Gasteiger partial charge in [-0.15, -0.1) is 11.8 Å². The second-order valence-electron chi connectivity index (χ2n) is 15.0. The molecule has 0 radical (unpaired) electrons. The van der Waals surface area contributed by atoms with Crippen LogP contribution in [0, 0.1) is 6.92 Å². The fourth-order valence-corrected chi connectivity index (χ4v) is 13.6. The number of benzene rings is 3. The minimum Gasteiger partial charge on any atom is -0.469 e. The Kier molecular flexibility index (Phi) is 12.3. The van der Waals surface area contributed by atoms with Gasteiger partial charge in [-0.1, -0.05) is 99.1 Å². The molecule has 6 aromatic rings. The number of aromatic nitrogens is 5. The zero-order valence-electron chi connectivity index (χ0n) is 33.6. The topological polar surface area (TPSA) is 102 Å². The number of esters is 2. The van der Waals surface area contributed by atoms with Crippen LogP contribution in [0.3, 0.4) is 0 Å². The lowest BCUT2D eigenvalue weighted by atomic mass is 9.98. The van der Waals surface area contributed by atoms with Crippen LogP contribution in [0.15, 0.2) is 79.0 Å². The Bertz CT molecular complexity index is 2330. The first-order valence-corrected chi connectivity index (χ1v) is 22.0. The van der Waals surface area contributed by atoms with Crippen LogP contribution < -0.4 is 10.4 Å². The van der Waals surface area contributed by atoms with Crippen molar-refractivity contribution in [1.82, 2.24) is 24.1 Å². The van der Waals surface area contributed by atoms with Gasteiger partial charge in [0.15, 0.2) is 0 Å². The maximum atomic E-state index is 13.2. The van der Waals surface area contributed by atoms with Crippen LogP contribution in [-0.2, 0) is 64.4 Å². The molecule has 0 atom stereocenters. The Morgan fingerprint density at radius 2 is 1.46 bits per heavy atom. The van der Waals surface area contributed by atoms with Crippen LogP contribution in [0.2, 0.25) is 10.1 Å². The summed E-state index contributed by atoms with van der Waals surface area (Å²) in [5.41, 5.74) is 7.34. The Morgan fingerprint density at radius 1 is 0.839 bits per heavy atom. The molecule has 0 fully saturated rings. The van der Waals surface area contributed by atoms with Gasteiger partial charge < -0.3 is 18.5 Å². The third kappa shape index (κ3) is 7.72. The second-order valence-corrected chi connectivity index (χ2v) is 20.7. The highest BCUT2D eigenvalue weighted by Crippen LogP contribution is 2.43. The number of halogens is 1. The number of nitrogens with zero attached hydrogens (tertiary/aromatic N) is 5. The van der Waals surface area contributed by atoms with Crippen molar-refractivity contribution < 1.29 is 23.5 Å². The highest BCUT2D eigenvalue weighted by molar-refractivity contribution is 7.97. The van der Waals surface area contributed by atoms with E-state index in [1.165, 1.54) is 24.6 Å². The van der Waals surface area contributed by atoms with E-state index < -0.39 is 14.3 Å². The monoisotopic (exact) mass is 811 g/mol. The van der Waals surface area contributed by atoms with Crippen molar-refractivity contribution in [3.05, 3.63) is 118 Å². The summed E-state index contributed by atoms with van der Waals surface area (Å²) in [4.78, 5) is 25.4. The lowest BCUT2D eigenvalue weighted by molar-refractivity contribution is -0.140. The smallest absolute Gasteiger partial charge is 0.354 e. The lowest BCUT2D eigenvalue weighted by Gasteiger charge is -2.43. The normalized spacial score (nSPS) is 12.0. The first-order chi connectivity index (χ1) is 26.7. The maximum absolute atomic E-state index is 13.2. The summed E-state index contributed by atoms with van der Waals surface area (Å²) in [6, 6.07) is 25.1. The maximum Gasteiger partial charge on any atom is 0.354 e. The van der Waals surface area contributed by atoms with Crippen LogP contribution in [0.25, 0.3) is 22.0 Å². The van der Waals surface area contributed by atoms with E-state index in [0.29, 0.717) is 40.8 Å². The van der Waals surface area contributed by atoms with Gasteiger partial charge in [0.1, 0.15) is 5.69 Å². The van der Waals surface area contributed by atoms with Crippen molar-refractivity contribution in [2.45, 2.75) is 63.7 Å². The van der Waals surface area contributed by atoms with Crippen molar-refractivity contribution in [3.63, 3.8) is 0 Å². The number of thioether (sulfide) groups is 1. The van der Waals surface area contributed by atoms with Crippen molar-refractivity contribution in [2.75, 3.05) is 14.2 Å². The van der Waals surface area contributed by atoms with Gasteiger partial charge in [-0.2, -0.15) is 10.2 Å². The van der Waals surface area contributed by atoms with Gasteiger partial charge in [0.25, 0.3) is 8.32 Å². The average molecular weight is 813 g/mol. The number of fused-ring (bicyclic) bond motifs is 1. The van der Waals surface area contributed by atoms with E-state index in [-0.39, 0.29) is 17.4 Å². The molecular formula is C43H50ClN5O5SSi.